The zero-order valence-electron chi connectivity index (χ0n) is 10.4. The lowest BCUT2D eigenvalue weighted by Gasteiger charge is -2.27. The van der Waals surface area contributed by atoms with Crippen molar-refractivity contribution in [3.63, 3.8) is 0 Å². The van der Waals surface area contributed by atoms with Crippen LogP contribution < -0.4 is 11.1 Å². The summed E-state index contributed by atoms with van der Waals surface area (Å²) in [5, 5.41) is 2.96. The lowest BCUT2D eigenvalue weighted by Crippen LogP contribution is -2.44. The molecule has 4 heteroatoms. The van der Waals surface area contributed by atoms with Crippen molar-refractivity contribution in [1.82, 2.24) is 4.98 Å². The summed E-state index contributed by atoms with van der Waals surface area (Å²) < 4.78 is 0. The lowest BCUT2D eigenvalue weighted by molar-refractivity contribution is -0.125. The highest BCUT2D eigenvalue weighted by atomic mass is 16.2. The van der Waals surface area contributed by atoms with Crippen LogP contribution in [0.3, 0.4) is 0 Å². The molecule has 1 fully saturated rings. The highest BCUT2D eigenvalue weighted by Gasteiger charge is 2.42. The van der Waals surface area contributed by atoms with E-state index in [2.05, 4.69) is 10.3 Å². The number of hydrogen-bond donors (Lipinski definition) is 2. The zero-order chi connectivity index (χ0) is 12.5. The number of carbonyl (C=O) groups excluding carboxylic acids is 1. The summed E-state index contributed by atoms with van der Waals surface area (Å²) in [6.45, 7) is 3.88. The standard InChI is InChI=1S/C13H19N3O/c1-9-8-15-7-5-10(9)16-12(17)13(2)6-3-4-11(13)14/h5,7-8,11H,3-4,6,14H2,1-2H3,(H,15,16,17). The van der Waals surface area contributed by atoms with Gasteiger partial charge in [-0.1, -0.05) is 6.42 Å². The van der Waals surface area contributed by atoms with Gasteiger partial charge >= 0.3 is 0 Å². The third-order valence-corrected chi connectivity index (χ3v) is 3.82. The number of aromatic nitrogens is 1. The lowest BCUT2D eigenvalue weighted by atomic mass is 9.84. The highest BCUT2D eigenvalue weighted by molar-refractivity contribution is 5.96. The van der Waals surface area contributed by atoms with E-state index in [-0.39, 0.29) is 11.9 Å². The average molecular weight is 233 g/mol. The van der Waals surface area contributed by atoms with Crippen LogP contribution in [-0.4, -0.2) is 16.9 Å². The van der Waals surface area contributed by atoms with Gasteiger partial charge < -0.3 is 11.1 Å². The summed E-state index contributed by atoms with van der Waals surface area (Å²) in [6.07, 6.45) is 6.25. The Bertz CT molecular complexity index is 432. The van der Waals surface area contributed by atoms with Gasteiger partial charge in [0.2, 0.25) is 5.91 Å². The van der Waals surface area contributed by atoms with E-state index < -0.39 is 5.41 Å². The van der Waals surface area contributed by atoms with Crippen LogP contribution in [-0.2, 0) is 4.79 Å². The fourth-order valence-corrected chi connectivity index (χ4v) is 2.35. The molecule has 0 bridgehead atoms. The third-order valence-electron chi connectivity index (χ3n) is 3.82. The van der Waals surface area contributed by atoms with Crippen molar-refractivity contribution in [3.05, 3.63) is 24.0 Å². The van der Waals surface area contributed by atoms with Crippen molar-refractivity contribution >= 4 is 11.6 Å². The number of rotatable bonds is 2. The molecule has 3 N–H and O–H groups in total. The summed E-state index contributed by atoms with van der Waals surface area (Å²) in [6, 6.07) is 1.78. The van der Waals surface area contributed by atoms with E-state index in [1.165, 1.54) is 0 Å². The van der Waals surface area contributed by atoms with Crippen LogP contribution in [0.4, 0.5) is 5.69 Å². The van der Waals surface area contributed by atoms with Gasteiger partial charge in [-0.15, -0.1) is 0 Å². The van der Waals surface area contributed by atoms with E-state index in [9.17, 15) is 4.79 Å². The molecule has 4 nitrogen and oxygen atoms in total. The Morgan fingerprint density at radius 3 is 3.00 bits per heavy atom. The maximum absolute atomic E-state index is 12.3. The van der Waals surface area contributed by atoms with Gasteiger partial charge in [0.1, 0.15) is 0 Å². The Hall–Kier alpha value is -1.42. The Balaban J connectivity index is 2.15. The quantitative estimate of drug-likeness (QED) is 0.819. The van der Waals surface area contributed by atoms with E-state index >= 15 is 0 Å². The van der Waals surface area contributed by atoms with Gasteiger partial charge in [0.05, 0.1) is 5.41 Å². The number of nitrogens with one attached hydrogen (secondary N) is 1. The number of hydrogen-bond acceptors (Lipinski definition) is 3. The van der Waals surface area contributed by atoms with Crippen LogP contribution in [0.1, 0.15) is 31.7 Å². The van der Waals surface area contributed by atoms with E-state index in [1.807, 2.05) is 19.9 Å². The predicted molar refractivity (Wildman–Crippen MR) is 67.5 cm³/mol. The third kappa shape index (κ3) is 2.17. The minimum Gasteiger partial charge on any atom is -0.327 e. The van der Waals surface area contributed by atoms with Gasteiger partial charge in [-0.25, -0.2) is 0 Å². The number of amides is 1. The molecule has 0 aliphatic heterocycles. The highest BCUT2D eigenvalue weighted by Crippen LogP contribution is 2.37. The Kier molecular flexibility index (Phi) is 3.15. The van der Waals surface area contributed by atoms with Crippen molar-refractivity contribution in [2.45, 2.75) is 39.2 Å². The van der Waals surface area contributed by atoms with Gasteiger partial charge in [0, 0.05) is 24.1 Å². The van der Waals surface area contributed by atoms with Gasteiger partial charge in [-0.05, 0) is 38.3 Å². The molecule has 2 rings (SSSR count). The molecule has 1 aliphatic rings. The molecular weight excluding hydrogens is 214 g/mol. The second kappa shape index (κ2) is 4.45. The summed E-state index contributed by atoms with van der Waals surface area (Å²) in [5.41, 5.74) is 7.39. The first-order valence-corrected chi connectivity index (χ1v) is 6.02. The molecule has 92 valence electrons. The van der Waals surface area contributed by atoms with Crippen LogP contribution in [0, 0.1) is 12.3 Å². The van der Waals surface area contributed by atoms with Crippen LogP contribution in [0.2, 0.25) is 0 Å². The molecule has 1 saturated carbocycles. The number of nitrogens with zero attached hydrogens (tertiary/aromatic N) is 1. The molecule has 0 radical (unpaired) electrons. The van der Waals surface area contributed by atoms with Crippen molar-refractivity contribution in [1.29, 1.82) is 0 Å². The van der Waals surface area contributed by atoms with E-state index in [1.54, 1.807) is 12.4 Å². The molecule has 0 saturated heterocycles. The maximum Gasteiger partial charge on any atom is 0.231 e. The minimum atomic E-state index is -0.435. The average Bonchev–Trinajstić information content (AvgIpc) is 2.64. The van der Waals surface area contributed by atoms with Crippen LogP contribution in [0.5, 0.6) is 0 Å². The van der Waals surface area contributed by atoms with Crippen LogP contribution in [0.15, 0.2) is 18.5 Å². The minimum absolute atomic E-state index is 0.0248. The molecule has 2 unspecified atom stereocenters. The van der Waals surface area contributed by atoms with Crippen molar-refractivity contribution < 1.29 is 4.79 Å². The Morgan fingerprint density at radius 2 is 2.41 bits per heavy atom. The fourth-order valence-electron chi connectivity index (χ4n) is 2.35. The Labute approximate surface area is 102 Å². The topological polar surface area (TPSA) is 68.0 Å². The first-order chi connectivity index (χ1) is 8.04. The summed E-state index contributed by atoms with van der Waals surface area (Å²) in [5.74, 6) is 0.0248. The van der Waals surface area contributed by atoms with Crippen molar-refractivity contribution in [2.24, 2.45) is 11.1 Å². The van der Waals surface area contributed by atoms with Crippen LogP contribution in [0.25, 0.3) is 0 Å². The summed E-state index contributed by atoms with van der Waals surface area (Å²) in [7, 11) is 0. The molecule has 1 amide bonds. The molecule has 17 heavy (non-hydrogen) atoms. The SMILES string of the molecule is Cc1cnccc1NC(=O)C1(C)CCCC1N. The molecule has 0 aromatic carbocycles. The molecule has 1 heterocycles. The van der Waals surface area contributed by atoms with Crippen molar-refractivity contribution in [3.8, 4) is 0 Å². The van der Waals surface area contributed by atoms with E-state index in [0.717, 1.165) is 30.5 Å². The second-order valence-corrected chi connectivity index (χ2v) is 5.06. The summed E-state index contributed by atoms with van der Waals surface area (Å²) >= 11 is 0. The molecule has 1 aliphatic carbocycles. The summed E-state index contributed by atoms with van der Waals surface area (Å²) in [4.78, 5) is 16.3. The monoisotopic (exact) mass is 233 g/mol. The fraction of sp³-hybridized carbons (Fsp3) is 0.538. The normalized spacial score (nSPS) is 28.1. The van der Waals surface area contributed by atoms with Gasteiger partial charge in [-0.3, -0.25) is 9.78 Å². The predicted octanol–water partition coefficient (Wildman–Crippen LogP) is 1.85. The number of pyridine rings is 1. The first-order valence-electron chi connectivity index (χ1n) is 6.02. The Morgan fingerprint density at radius 1 is 1.65 bits per heavy atom. The molecular formula is C13H19N3O. The van der Waals surface area contributed by atoms with E-state index in [0.29, 0.717) is 0 Å². The van der Waals surface area contributed by atoms with Crippen LogP contribution >= 0.6 is 0 Å². The number of aryl methyl sites for hydroxylation is 1. The molecule has 1 aromatic heterocycles. The number of nitrogens with two attached hydrogens (primary N) is 1. The number of carbonyl (C=O) groups is 1. The second-order valence-electron chi connectivity index (χ2n) is 5.06. The van der Waals surface area contributed by atoms with Gasteiger partial charge in [-0.2, -0.15) is 0 Å². The number of anilines is 1. The van der Waals surface area contributed by atoms with E-state index in [4.69, 9.17) is 5.73 Å². The van der Waals surface area contributed by atoms with Gasteiger partial charge in [0.25, 0.3) is 0 Å². The largest absolute Gasteiger partial charge is 0.327 e. The first kappa shape index (κ1) is 12.0. The smallest absolute Gasteiger partial charge is 0.231 e. The molecule has 0 spiro atoms. The molecule has 2 atom stereocenters. The molecule has 1 aromatic rings. The zero-order valence-corrected chi connectivity index (χ0v) is 10.4. The van der Waals surface area contributed by atoms with Crippen molar-refractivity contribution in [2.75, 3.05) is 5.32 Å². The maximum atomic E-state index is 12.3. The van der Waals surface area contributed by atoms with Gasteiger partial charge in [0.15, 0.2) is 0 Å².